The first-order chi connectivity index (χ1) is 9.06. The van der Waals surface area contributed by atoms with Crippen LogP contribution in [-0.4, -0.2) is 42.2 Å². The highest BCUT2D eigenvalue weighted by molar-refractivity contribution is 5.92. The zero-order chi connectivity index (χ0) is 14.3. The Bertz CT molecular complexity index is 423. The molecule has 0 saturated carbocycles. The Morgan fingerprint density at radius 2 is 2.21 bits per heavy atom. The van der Waals surface area contributed by atoms with Crippen LogP contribution in [0.3, 0.4) is 0 Å². The molecule has 0 aliphatic carbocycles. The number of hydrogen-bond acceptors (Lipinski definition) is 5. The molecule has 106 valence electrons. The van der Waals surface area contributed by atoms with E-state index in [1.807, 2.05) is 13.8 Å². The first-order valence-electron chi connectivity index (χ1n) is 6.46. The van der Waals surface area contributed by atoms with Crippen molar-refractivity contribution in [2.75, 3.05) is 25.6 Å². The number of carbonyl (C=O) groups excluding carboxylic acids is 1. The van der Waals surface area contributed by atoms with Gasteiger partial charge in [-0.1, -0.05) is 6.92 Å². The summed E-state index contributed by atoms with van der Waals surface area (Å²) in [6, 6.07) is 1.94. The average Bonchev–Trinajstić information content (AvgIpc) is 2.38. The van der Waals surface area contributed by atoms with Crippen LogP contribution in [0.15, 0.2) is 6.07 Å². The number of amides is 1. The van der Waals surface area contributed by atoms with Gasteiger partial charge in [-0.25, -0.2) is 9.97 Å². The fourth-order valence-electron chi connectivity index (χ4n) is 1.43. The van der Waals surface area contributed by atoms with Gasteiger partial charge in [0.25, 0.3) is 5.91 Å². The zero-order valence-electron chi connectivity index (χ0n) is 12.0. The number of rotatable bonds is 7. The number of hydrogen-bond donors (Lipinski definition) is 2. The molecule has 0 spiro atoms. The number of methoxy groups -OCH3 is 1. The predicted octanol–water partition coefficient (Wildman–Crippen LogP) is 1.37. The third-order valence-corrected chi connectivity index (χ3v) is 2.67. The summed E-state index contributed by atoms with van der Waals surface area (Å²) in [7, 11) is 1.59. The number of nitrogens with zero attached hydrogens (tertiary/aromatic N) is 2. The van der Waals surface area contributed by atoms with Crippen molar-refractivity contribution >= 4 is 11.9 Å². The molecule has 2 N–H and O–H groups in total. The Morgan fingerprint density at radius 3 is 2.84 bits per heavy atom. The Kier molecular flexibility index (Phi) is 6.21. The van der Waals surface area contributed by atoms with Crippen molar-refractivity contribution < 1.29 is 9.53 Å². The monoisotopic (exact) mass is 266 g/mol. The van der Waals surface area contributed by atoms with E-state index in [0.29, 0.717) is 24.8 Å². The fraction of sp³-hybridized carbons (Fsp3) is 0.615. The molecule has 1 unspecified atom stereocenters. The van der Waals surface area contributed by atoms with Gasteiger partial charge >= 0.3 is 0 Å². The van der Waals surface area contributed by atoms with E-state index in [2.05, 4.69) is 27.5 Å². The Labute approximate surface area is 114 Å². The SMILES string of the molecule is CCC(C)Nc1nc(C)cc(C(=O)NCCOC)n1. The summed E-state index contributed by atoms with van der Waals surface area (Å²) in [4.78, 5) is 20.4. The summed E-state index contributed by atoms with van der Waals surface area (Å²) in [6.45, 7) is 6.91. The van der Waals surface area contributed by atoms with Crippen LogP contribution in [0.5, 0.6) is 0 Å². The molecule has 1 amide bonds. The van der Waals surface area contributed by atoms with Crippen LogP contribution in [0.25, 0.3) is 0 Å². The predicted molar refractivity (Wildman–Crippen MR) is 74.4 cm³/mol. The molecule has 0 bridgehead atoms. The Hall–Kier alpha value is -1.69. The molecule has 1 atom stereocenters. The van der Waals surface area contributed by atoms with Crippen LogP contribution in [0, 0.1) is 6.92 Å². The summed E-state index contributed by atoms with van der Waals surface area (Å²) in [5, 5.41) is 5.91. The lowest BCUT2D eigenvalue weighted by atomic mass is 10.2. The molecule has 0 fully saturated rings. The minimum atomic E-state index is -0.213. The second-order valence-corrected chi connectivity index (χ2v) is 4.42. The normalized spacial score (nSPS) is 12.0. The van der Waals surface area contributed by atoms with Gasteiger partial charge in [-0.2, -0.15) is 0 Å². The molecule has 1 aromatic heterocycles. The van der Waals surface area contributed by atoms with Gasteiger partial charge in [0, 0.05) is 25.4 Å². The van der Waals surface area contributed by atoms with E-state index in [4.69, 9.17) is 4.74 Å². The molecular formula is C13H22N4O2. The zero-order valence-corrected chi connectivity index (χ0v) is 12.0. The van der Waals surface area contributed by atoms with E-state index >= 15 is 0 Å². The van der Waals surface area contributed by atoms with Crippen LogP contribution < -0.4 is 10.6 Å². The van der Waals surface area contributed by atoms with Crippen molar-refractivity contribution in [2.45, 2.75) is 33.2 Å². The fourth-order valence-corrected chi connectivity index (χ4v) is 1.43. The van der Waals surface area contributed by atoms with Gasteiger partial charge < -0.3 is 15.4 Å². The highest BCUT2D eigenvalue weighted by atomic mass is 16.5. The van der Waals surface area contributed by atoms with E-state index in [-0.39, 0.29) is 11.9 Å². The molecular weight excluding hydrogens is 244 g/mol. The average molecular weight is 266 g/mol. The molecule has 0 saturated heterocycles. The lowest BCUT2D eigenvalue weighted by Crippen LogP contribution is -2.28. The maximum Gasteiger partial charge on any atom is 0.270 e. The summed E-state index contributed by atoms with van der Waals surface area (Å²) < 4.78 is 4.88. The number of ether oxygens (including phenoxy) is 1. The van der Waals surface area contributed by atoms with Crippen molar-refractivity contribution in [3.05, 3.63) is 17.5 Å². The van der Waals surface area contributed by atoms with Gasteiger partial charge in [-0.05, 0) is 26.3 Å². The van der Waals surface area contributed by atoms with Crippen LogP contribution in [0.2, 0.25) is 0 Å². The van der Waals surface area contributed by atoms with Gasteiger partial charge in [0.2, 0.25) is 5.95 Å². The van der Waals surface area contributed by atoms with Crippen molar-refractivity contribution in [1.29, 1.82) is 0 Å². The Morgan fingerprint density at radius 1 is 1.47 bits per heavy atom. The highest BCUT2D eigenvalue weighted by Crippen LogP contribution is 2.07. The summed E-state index contributed by atoms with van der Waals surface area (Å²) in [5.74, 6) is 0.279. The maximum absolute atomic E-state index is 11.9. The van der Waals surface area contributed by atoms with E-state index in [0.717, 1.165) is 12.1 Å². The molecule has 0 aliphatic heterocycles. The summed E-state index contributed by atoms with van der Waals surface area (Å²) >= 11 is 0. The van der Waals surface area contributed by atoms with Gasteiger partial charge in [0.1, 0.15) is 5.69 Å². The lowest BCUT2D eigenvalue weighted by molar-refractivity contribution is 0.0932. The third-order valence-electron chi connectivity index (χ3n) is 2.67. The van der Waals surface area contributed by atoms with Crippen LogP contribution in [-0.2, 0) is 4.74 Å². The molecule has 0 aromatic carbocycles. The van der Waals surface area contributed by atoms with Crippen LogP contribution in [0.4, 0.5) is 5.95 Å². The van der Waals surface area contributed by atoms with Gasteiger partial charge in [0.15, 0.2) is 0 Å². The molecule has 6 nitrogen and oxygen atoms in total. The summed E-state index contributed by atoms with van der Waals surface area (Å²) in [6.07, 6.45) is 0.965. The number of aromatic nitrogens is 2. The second-order valence-electron chi connectivity index (χ2n) is 4.42. The maximum atomic E-state index is 11.9. The molecule has 1 aromatic rings. The summed E-state index contributed by atoms with van der Waals surface area (Å²) in [5.41, 5.74) is 1.13. The van der Waals surface area contributed by atoms with Gasteiger partial charge in [0.05, 0.1) is 6.61 Å². The van der Waals surface area contributed by atoms with Crippen LogP contribution in [0.1, 0.15) is 36.5 Å². The molecule has 1 rings (SSSR count). The van der Waals surface area contributed by atoms with E-state index < -0.39 is 0 Å². The largest absolute Gasteiger partial charge is 0.383 e. The quantitative estimate of drug-likeness (QED) is 0.729. The number of carbonyl (C=O) groups is 1. The third kappa shape index (κ3) is 5.21. The standard InChI is InChI=1S/C13H22N4O2/c1-5-9(2)15-13-16-10(3)8-11(17-13)12(18)14-6-7-19-4/h8-9H,5-7H2,1-4H3,(H,14,18)(H,15,16,17). The molecule has 0 radical (unpaired) electrons. The van der Waals surface area contributed by atoms with Crippen molar-refractivity contribution in [1.82, 2.24) is 15.3 Å². The van der Waals surface area contributed by atoms with Gasteiger partial charge in [-0.15, -0.1) is 0 Å². The van der Waals surface area contributed by atoms with Gasteiger partial charge in [-0.3, -0.25) is 4.79 Å². The Balaban J connectivity index is 2.75. The smallest absolute Gasteiger partial charge is 0.270 e. The first-order valence-corrected chi connectivity index (χ1v) is 6.46. The highest BCUT2D eigenvalue weighted by Gasteiger charge is 2.11. The molecule has 1 heterocycles. The van der Waals surface area contributed by atoms with E-state index in [9.17, 15) is 4.79 Å². The molecule has 6 heteroatoms. The number of nitrogens with one attached hydrogen (secondary N) is 2. The second kappa shape index (κ2) is 7.68. The van der Waals surface area contributed by atoms with E-state index in [1.54, 1.807) is 13.2 Å². The molecule has 0 aliphatic rings. The van der Waals surface area contributed by atoms with Crippen molar-refractivity contribution in [2.24, 2.45) is 0 Å². The van der Waals surface area contributed by atoms with E-state index in [1.165, 1.54) is 0 Å². The van der Waals surface area contributed by atoms with Crippen molar-refractivity contribution in [3.8, 4) is 0 Å². The lowest BCUT2D eigenvalue weighted by Gasteiger charge is -2.12. The van der Waals surface area contributed by atoms with Crippen molar-refractivity contribution in [3.63, 3.8) is 0 Å². The minimum absolute atomic E-state index is 0.213. The topological polar surface area (TPSA) is 76.1 Å². The molecule has 19 heavy (non-hydrogen) atoms. The number of anilines is 1. The number of aryl methyl sites for hydroxylation is 1. The minimum Gasteiger partial charge on any atom is -0.383 e. The van der Waals surface area contributed by atoms with Crippen LogP contribution >= 0.6 is 0 Å². The first kappa shape index (κ1) is 15.4.